The topological polar surface area (TPSA) is 83.8 Å². The summed E-state index contributed by atoms with van der Waals surface area (Å²) >= 11 is 0. The number of carboxylic acid groups (broad SMARTS) is 2. The molecule has 0 spiro atoms. The molecule has 2 N–H and O–H groups in total. The Morgan fingerprint density at radius 1 is 1.11 bits per heavy atom. The Labute approximate surface area is 112 Å². The number of methoxy groups -OCH3 is 1. The molecule has 1 aliphatic carbocycles. The first-order valence-electron chi connectivity index (χ1n) is 6.02. The molecule has 1 unspecified atom stereocenters. The highest BCUT2D eigenvalue weighted by Crippen LogP contribution is 2.45. The highest BCUT2D eigenvalue weighted by atomic mass is 16.5. The smallest absolute Gasteiger partial charge is 0.332 e. The number of ether oxygens (including phenoxy) is 1. The van der Waals surface area contributed by atoms with Crippen LogP contribution in [-0.2, 0) is 14.3 Å². The fraction of sp³-hybridized carbons (Fsp3) is 0.571. The van der Waals surface area contributed by atoms with Crippen LogP contribution >= 0.6 is 0 Å². The predicted molar refractivity (Wildman–Crippen MR) is 69.8 cm³/mol. The summed E-state index contributed by atoms with van der Waals surface area (Å²) in [6.45, 7) is 6.75. The van der Waals surface area contributed by atoms with Gasteiger partial charge in [0.15, 0.2) is 0 Å². The van der Waals surface area contributed by atoms with E-state index in [0.29, 0.717) is 0 Å². The van der Waals surface area contributed by atoms with Crippen LogP contribution in [0.3, 0.4) is 0 Å². The maximum Gasteiger partial charge on any atom is 0.332 e. The van der Waals surface area contributed by atoms with Crippen molar-refractivity contribution in [1.82, 2.24) is 0 Å². The molecule has 0 amide bonds. The van der Waals surface area contributed by atoms with Gasteiger partial charge in [0, 0.05) is 29.1 Å². The van der Waals surface area contributed by atoms with Gasteiger partial charge in [-0.2, -0.15) is 0 Å². The molecule has 1 atom stereocenters. The van der Waals surface area contributed by atoms with E-state index in [-0.39, 0.29) is 17.3 Å². The van der Waals surface area contributed by atoms with Crippen molar-refractivity contribution in [1.29, 1.82) is 0 Å². The minimum Gasteiger partial charge on any atom is -0.478 e. The molecule has 1 aliphatic rings. The third kappa shape index (κ3) is 2.56. The summed E-state index contributed by atoms with van der Waals surface area (Å²) in [6, 6.07) is 0. The van der Waals surface area contributed by atoms with Gasteiger partial charge in [0.25, 0.3) is 0 Å². The molecular weight excluding hydrogens is 248 g/mol. The molecule has 19 heavy (non-hydrogen) atoms. The second-order valence-electron chi connectivity index (χ2n) is 5.60. The lowest BCUT2D eigenvalue weighted by atomic mass is 9.66. The first-order valence-corrected chi connectivity index (χ1v) is 6.02. The first kappa shape index (κ1) is 15.4. The number of hydrogen-bond donors (Lipinski definition) is 2. The van der Waals surface area contributed by atoms with Gasteiger partial charge in [-0.1, -0.05) is 32.9 Å². The molecule has 1 rings (SSSR count). The molecule has 5 nitrogen and oxygen atoms in total. The van der Waals surface area contributed by atoms with Crippen LogP contribution in [-0.4, -0.2) is 35.4 Å². The molecule has 0 heterocycles. The Morgan fingerprint density at radius 2 is 1.47 bits per heavy atom. The van der Waals surface area contributed by atoms with Crippen LogP contribution in [0.2, 0.25) is 0 Å². The summed E-state index contributed by atoms with van der Waals surface area (Å²) in [5.41, 5.74) is -1.63. The quantitative estimate of drug-likeness (QED) is 0.815. The average molecular weight is 268 g/mol. The van der Waals surface area contributed by atoms with E-state index in [9.17, 15) is 19.8 Å². The van der Waals surface area contributed by atoms with E-state index < -0.39 is 22.8 Å². The number of rotatable bonds is 4. The van der Waals surface area contributed by atoms with Crippen LogP contribution in [0.1, 0.15) is 27.7 Å². The lowest BCUT2D eigenvalue weighted by Crippen LogP contribution is -2.39. The fourth-order valence-electron chi connectivity index (χ4n) is 2.32. The molecule has 0 aromatic carbocycles. The second kappa shape index (κ2) is 4.81. The van der Waals surface area contributed by atoms with Crippen molar-refractivity contribution in [3.05, 3.63) is 23.3 Å². The van der Waals surface area contributed by atoms with E-state index in [1.54, 1.807) is 39.8 Å². The third-order valence-corrected chi connectivity index (χ3v) is 3.95. The third-order valence-electron chi connectivity index (χ3n) is 3.95. The normalized spacial score (nSPS) is 22.2. The van der Waals surface area contributed by atoms with Crippen LogP contribution < -0.4 is 0 Å². The number of carboxylic acids is 2. The summed E-state index contributed by atoms with van der Waals surface area (Å²) in [5.74, 6) is -2.21. The van der Waals surface area contributed by atoms with Crippen molar-refractivity contribution in [2.24, 2.45) is 10.8 Å². The molecule has 0 aromatic rings. The first-order chi connectivity index (χ1) is 8.56. The Hall–Kier alpha value is -1.62. The zero-order valence-electron chi connectivity index (χ0n) is 11.9. The van der Waals surface area contributed by atoms with Crippen molar-refractivity contribution in [3.8, 4) is 0 Å². The van der Waals surface area contributed by atoms with Gasteiger partial charge in [-0.05, 0) is 6.92 Å². The summed E-state index contributed by atoms with van der Waals surface area (Å²) in [5, 5.41) is 18.7. The van der Waals surface area contributed by atoms with Gasteiger partial charge < -0.3 is 14.9 Å². The number of carbonyl (C=O) groups is 2. The van der Waals surface area contributed by atoms with Crippen molar-refractivity contribution in [2.45, 2.75) is 33.8 Å². The number of aliphatic carboxylic acids is 2. The molecule has 0 radical (unpaired) electrons. The van der Waals surface area contributed by atoms with Gasteiger partial charge in [-0.15, -0.1) is 0 Å². The minimum atomic E-state index is -1.11. The molecule has 0 fully saturated rings. The van der Waals surface area contributed by atoms with Crippen LogP contribution in [0.25, 0.3) is 0 Å². The van der Waals surface area contributed by atoms with Crippen LogP contribution in [0.15, 0.2) is 23.3 Å². The molecule has 5 heteroatoms. The lowest BCUT2D eigenvalue weighted by molar-refractivity contribution is -0.135. The van der Waals surface area contributed by atoms with Crippen LogP contribution in [0, 0.1) is 10.8 Å². The van der Waals surface area contributed by atoms with E-state index in [4.69, 9.17) is 4.74 Å². The monoisotopic (exact) mass is 268 g/mol. The molecule has 0 bridgehead atoms. The molecule has 0 aliphatic heterocycles. The molecule has 0 saturated carbocycles. The van der Waals surface area contributed by atoms with E-state index in [0.717, 1.165) is 0 Å². The van der Waals surface area contributed by atoms with Gasteiger partial charge in [0.05, 0.1) is 6.10 Å². The Balaban J connectivity index is 3.50. The Bertz CT molecular complexity index is 436. The van der Waals surface area contributed by atoms with Gasteiger partial charge in [-0.25, -0.2) is 9.59 Å². The molecular formula is C14H20O5. The summed E-state index contributed by atoms with van der Waals surface area (Å²) in [6.07, 6.45) is 2.86. The summed E-state index contributed by atoms with van der Waals surface area (Å²) < 4.78 is 5.24. The largest absolute Gasteiger partial charge is 0.478 e. The molecule has 106 valence electrons. The second-order valence-corrected chi connectivity index (χ2v) is 5.60. The fourth-order valence-corrected chi connectivity index (χ4v) is 2.32. The zero-order valence-corrected chi connectivity index (χ0v) is 11.9. The van der Waals surface area contributed by atoms with E-state index in [2.05, 4.69) is 0 Å². The van der Waals surface area contributed by atoms with E-state index in [1.807, 2.05) is 0 Å². The van der Waals surface area contributed by atoms with E-state index in [1.165, 1.54) is 7.11 Å². The van der Waals surface area contributed by atoms with Crippen LogP contribution in [0.5, 0.6) is 0 Å². The minimum absolute atomic E-state index is 0.0822. The Morgan fingerprint density at radius 3 is 1.74 bits per heavy atom. The van der Waals surface area contributed by atoms with E-state index >= 15 is 0 Å². The van der Waals surface area contributed by atoms with Crippen molar-refractivity contribution in [2.75, 3.05) is 7.11 Å². The maximum atomic E-state index is 11.4. The van der Waals surface area contributed by atoms with Crippen molar-refractivity contribution < 1.29 is 24.5 Å². The van der Waals surface area contributed by atoms with Gasteiger partial charge in [0.1, 0.15) is 0 Å². The maximum absolute atomic E-state index is 11.4. The lowest BCUT2D eigenvalue weighted by Gasteiger charge is -2.39. The Kier molecular flexibility index (Phi) is 3.91. The molecule has 0 aromatic heterocycles. The van der Waals surface area contributed by atoms with Gasteiger partial charge in [0.2, 0.25) is 0 Å². The highest BCUT2D eigenvalue weighted by Gasteiger charge is 2.44. The zero-order chi connectivity index (χ0) is 15.0. The van der Waals surface area contributed by atoms with Crippen LogP contribution in [0.4, 0.5) is 0 Å². The average Bonchev–Trinajstić information content (AvgIpc) is 2.30. The highest BCUT2D eigenvalue weighted by molar-refractivity contribution is 5.97. The standard InChI is InChI=1S/C14H20O5/c1-8(19-5)14(4)6-9(11(15)16)13(2,3)10(7-14)12(17)18/h6-8H,1-5H3,(H,15,16)(H,17,18). The van der Waals surface area contributed by atoms with Crippen molar-refractivity contribution in [3.63, 3.8) is 0 Å². The summed E-state index contributed by atoms with van der Waals surface area (Å²) in [7, 11) is 1.51. The number of hydrogen-bond acceptors (Lipinski definition) is 3. The SMILES string of the molecule is COC(C)C1(C)C=C(C(=O)O)C(C)(C)C(C(=O)O)=C1. The summed E-state index contributed by atoms with van der Waals surface area (Å²) in [4.78, 5) is 22.8. The van der Waals surface area contributed by atoms with Crippen molar-refractivity contribution >= 4 is 11.9 Å². The molecule has 0 saturated heterocycles. The van der Waals surface area contributed by atoms with Gasteiger partial charge >= 0.3 is 11.9 Å². The predicted octanol–water partition coefficient (Wildman–Crippen LogP) is 2.09. The van der Waals surface area contributed by atoms with Gasteiger partial charge in [-0.3, -0.25) is 0 Å².